The third-order valence-electron chi connectivity index (χ3n) is 3.91. The van der Waals surface area contributed by atoms with E-state index in [4.69, 9.17) is 4.74 Å². The highest BCUT2D eigenvalue weighted by molar-refractivity contribution is 9.10. The van der Waals surface area contributed by atoms with Crippen molar-refractivity contribution in [3.05, 3.63) is 100 Å². The van der Waals surface area contributed by atoms with Crippen LogP contribution in [0.4, 0.5) is 0 Å². The fraction of sp³-hybridized carbons (Fsp3) is 0.136. The molecule has 0 bridgehead atoms. The highest BCUT2D eigenvalue weighted by Crippen LogP contribution is 2.20. The molecule has 0 saturated carbocycles. The predicted octanol–water partition coefficient (Wildman–Crippen LogP) is 6.21. The number of nitrogens with zero attached hydrogens (tertiary/aromatic N) is 1. The molecule has 25 heavy (non-hydrogen) atoms. The second-order valence-corrected chi connectivity index (χ2v) is 6.77. The molecule has 3 rings (SSSR count). The van der Waals surface area contributed by atoms with Gasteiger partial charge in [-0.25, -0.2) is 0 Å². The predicted molar refractivity (Wildman–Crippen MR) is 107 cm³/mol. The number of hydrogen-bond donors (Lipinski definition) is 0. The topological polar surface area (TPSA) is 21.6 Å². The van der Waals surface area contributed by atoms with Crippen molar-refractivity contribution in [1.82, 2.24) is 0 Å². The van der Waals surface area contributed by atoms with Gasteiger partial charge >= 0.3 is 0 Å². The molecule has 0 heterocycles. The quantitative estimate of drug-likeness (QED) is 0.456. The zero-order valence-corrected chi connectivity index (χ0v) is 15.7. The maximum Gasteiger partial charge on any atom is 0.120 e. The van der Waals surface area contributed by atoms with Gasteiger partial charge in [0.1, 0.15) is 12.4 Å². The van der Waals surface area contributed by atoms with Gasteiger partial charge in [0.2, 0.25) is 0 Å². The van der Waals surface area contributed by atoms with Gasteiger partial charge in [-0.3, -0.25) is 4.99 Å². The molecule has 0 N–H and O–H groups in total. The summed E-state index contributed by atoms with van der Waals surface area (Å²) in [6.07, 6.45) is 1.90. The van der Waals surface area contributed by atoms with Crippen LogP contribution in [0.1, 0.15) is 29.7 Å². The van der Waals surface area contributed by atoms with Crippen LogP contribution in [-0.4, -0.2) is 6.21 Å². The summed E-state index contributed by atoms with van der Waals surface area (Å²) >= 11 is 3.46. The van der Waals surface area contributed by atoms with Crippen molar-refractivity contribution in [3.63, 3.8) is 0 Å². The summed E-state index contributed by atoms with van der Waals surface area (Å²) in [7, 11) is 0. The van der Waals surface area contributed by atoms with Gasteiger partial charge in [-0.1, -0.05) is 70.5 Å². The molecule has 1 unspecified atom stereocenters. The fourth-order valence-electron chi connectivity index (χ4n) is 2.45. The van der Waals surface area contributed by atoms with Crippen molar-refractivity contribution in [2.75, 3.05) is 0 Å². The summed E-state index contributed by atoms with van der Waals surface area (Å²) in [5.41, 5.74) is 3.39. The SMILES string of the molecule is CC(/N=C/c1cccc(OCc2ccccc2)c1)c1ccc(Br)cc1. The molecule has 0 amide bonds. The van der Waals surface area contributed by atoms with Crippen LogP contribution in [0.2, 0.25) is 0 Å². The van der Waals surface area contributed by atoms with E-state index in [9.17, 15) is 0 Å². The molecule has 1 atom stereocenters. The monoisotopic (exact) mass is 393 g/mol. The van der Waals surface area contributed by atoms with Gasteiger partial charge in [0.15, 0.2) is 0 Å². The molecule has 0 fully saturated rings. The molecule has 0 aliphatic rings. The molecule has 0 aromatic heterocycles. The Labute approximate surface area is 157 Å². The normalized spacial score (nSPS) is 12.2. The molecule has 0 spiro atoms. The van der Waals surface area contributed by atoms with Crippen LogP contribution < -0.4 is 4.74 Å². The first-order chi connectivity index (χ1) is 12.2. The van der Waals surface area contributed by atoms with Gasteiger partial charge in [-0.15, -0.1) is 0 Å². The van der Waals surface area contributed by atoms with Gasteiger partial charge in [-0.2, -0.15) is 0 Å². The first-order valence-electron chi connectivity index (χ1n) is 8.26. The molecule has 0 saturated heterocycles. The summed E-state index contributed by atoms with van der Waals surface area (Å²) in [5.74, 6) is 0.851. The van der Waals surface area contributed by atoms with Gasteiger partial charge in [-0.05, 0) is 47.9 Å². The molecule has 0 radical (unpaired) electrons. The van der Waals surface area contributed by atoms with E-state index >= 15 is 0 Å². The van der Waals surface area contributed by atoms with Crippen molar-refractivity contribution in [2.45, 2.75) is 19.6 Å². The third kappa shape index (κ3) is 5.30. The minimum absolute atomic E-state index is 0.113. The van der Waals surface area contributed by atoms with Crippen molar-refractivity contribution < 1.29 is 4.74 Å². The van der Waals surface area contributed by atoms with Gasteiger partial charge in [0.05, 0.1) is 6.04 Å². The Morgan fingerprint density at radius 1 is 0.960 bits per heavy atom. The van der Waals surface area contributed by atoms with Crippen LogP contribution >= 0.6 is 15.9 Å². The molecule has 2 nitrogen and oxygen atoms in total. The van der Waals surface area contributed by atoms with Crippen molar-refractivity contribution in [1.29, 1.82) is 0 Å². The van der Waals surface area contributed by atoms with Gasteiger partial charge in [0, 0.05) is 10.7 Å². The van der Waals surface area contributed by atoms with Crippen LogP contribution in [-0.2, 0) is 6.61 Å². The smallest absolute Gasteiger partial charge is 0.120 e. The molecule has 126 valence electrons. The van der Waals surface area contributed by atoms with E-state index in [0.717, 1.165) is 21.3 Å². The average molecular weight is 394 g/mol. The fourth-order valence-corrected chi connectivity index (χ4v) is 2.72. The van der Waals surface area contributed by atoms with E-state index in [2.05, 4.69) is 52.1 Å². The summed E-state index contributed by atoms with van der Waals surface area (Å²) in [6.45, 7) is 2.66. The lowest BCUT2D eigenvalue weighted by Crippen LogP contribution is -1.96. The molecule has 0 aliphatic heterocycles. The number of ether oxygens (including phenoxy) is 1. The standard InChI is InChI=1S/C22H20BrNO/c1-17(20-10-12-21(23)13-11-20)24-15-19-8-5-9-22(14-19)25-16-18-6-3-2-4-7-18/h2-15,17H,16H2,1H3/b24-15+. The Morgan fingerprint density at radius 3 is 2.48 bits per heavy atom. The Morgan fingerprint density at radius 2 is 1.72 bits per heavy atom. The van der Waals surface area contributed by atoms with Crippen LogP contribution in [0.25, 0.3) is 0 Å². The molecule has 3 heteroatoms. The molecule has 0 aliphatic carbocycles. The van der Waals surface area contributed by atoms with E-state index in [1.807, 2.05) is 60.8 Å². The Hall–Kier alpha value is -2.39. The largest absolute Gasteiger partial charge is 0.489 e. The number of hydrogen-bond acceptors (Lipinski definition) is 2. The zero-order chi connectivity index (χ0) is 17.5. The highest BCUT2D eigenvalue weighted by Gasteiger charge is 2.02. The van der Waals surface area contributed by atoms with Gasteiger partial charge in [0.25, 0.3) is 0 Å². The maximum atomic E-state index is 5.87. The number of halogens is 1. The second-order valence-electron chi connectivity index (χ2n) is 5.85. The third-order valence-corrected chi connectivity index (χ3v) is 4.43. The summed E-state index contributed by atoms with van der Waals surface area (Å²) in [4.78, 5) is 4.66. The van der Waals surface area contributed by atoms with E-state index in [1.165, 1.54) is 5.56 Å². The van der Waals surface area contributed by atoms with Crippen molar-refractivity contribution in [2.24, 2.45) is 4.99 Å². The summed E-state index contributed by atoms with van der Waals surface area (Å²) < 4.78 is 6.95. The van der Waals surface area contributed by atoms with Crippen LogP contribution in [0.15, 0.2) is 88.3 Å². The van der Waals surface area contributed by atoms with Gasteiger partial charge < -0.3 is 4.74 Å². The van der Waals surface area contributed by atoms with E-state index < -0.39 is 0 Å². The van der Waals surface area contributed by atoms with Crippen LogP contribution in [0, 0.1) is 0 Å². The minimum atomic E-state index is 0.113. The highest BCUT2D eigenvalue weighted by atomic mass is 79.9. The lowest BCUT2D eigenvalue weighted by molar-refractivity contribution is 0.306. The van der Waals surface area contributed by atoms with E-state index in [-0.39, 0.29) is 6.04 Å². The number of rotatable bonds is 6. The average Bonchev–Trinajstić information content (AvgIpc) is 2.66. The van der Waals surface area contributed by atoms with Crippen LogP contribution in [0.5, 0.6) is 5.75 Å². The minimum Gasteiger partial charge on any atom is -0.489 e. The van der Waals surface area contributed by atoms with Crippen LogP contribution in [0.3, 0.4) is 0 Å². The summed E-state index contributed by atoms with van der Waals surface area (Å²) in [5, 5.41) is 0. The molecule has 3 aromatic carbocycles. The molecular formula is C22H20BrNO. The number of benzene rings is 3. The first kappa shape index (κ1) is 17.4. The summed E-state index contributed by atoms with van der Waals surface area (Å²) in [6, 6.07) is 26.6. The zero-order valence-electron chi connectivity index (χ0n) is 14.1. The van der Waals surface area contributed by atoms with E-state index in [1.54, 1.807) is 0 Å². The lowest BCUT2D eigenvalue weighted by Gasteiger charge is -2.08. The first-order valence-corrected chi connectivity index (χ1v) is 9.05. The number of aliphatic imine (C=N–C) groups is 1. The Kier molecular flexibility index (Phi) is 6.02. The molecular weight excluding hydrogens is 374 g/mol. The van der Waals surface area contributed by atoms with Crippen molar-refractivity contribution in [3.8, 4) is 5.75 Å². The lowest BCUT2D eigenvalue weighted by atomic mass is 10.1. The Balaban J connectivity index is 1.63. The second kappa shape index (κ2) is 8.63. The Bertz CT molecular complexity index is 828. The van der Waals surface area contributed by atoms with E-state index in [0.29, 0.717) is 6.61 Å². The maximum absolute atomic E-state index is 5.87. The molecule has 3 aromatic rings. The van der Waals surface area contributed by atoms with Crippen molar-refractivity contribution >= 4 is 22.1 Å².